The number of aliphatic carboxylic acids is 1. The van der Waals surface area contributed by atoms with Gasteiger partial charge in [0.2, 0.25) is 0 Å². The van der Waals surface area contributed by atoms with Gasteiger partial charge in [0.1, 0.15) is 6.04 Å². The van der Waals surface area contributed by atoms with E-state index in [0.29, 0.717) is 11.8 Å². The lowest BCUT2D eigenvalue weighted by Gasteiger charge is -2.46. The molecule has 2 unspecified atom stereocenters. The summed E-state index contributed by atoms with van der Waals surface area (Å²) >= 11 is 0. The Balaban J connectivity index is 2.51. The third-order valence-corrected chi connectivity index (χ3v) is 3.71. The molecule has 1 heterocycles. The van der Waals surface area contributed by atoms with Gasteiger partial charge < -0.3 is 5.11 Å². The summed E-state index contributed by atoms with van der Waals surface area (Å²) in [5.74, 6) is 0.950. The van der Waals surface area contributed by atoms with Gasteiger partial charge in [0.15, 0.2) is 0 Å². The molecule has 1 aliphatic heterocycles. The van der Waals surface area contributed by atoms with Crippen molar-refractivity contribution in [2.75, 3.05) is 13.1 Å². The van der Waals surface area contributed by atoms with Crippen LogP contribution in [0, 0.1) is 17.8 Å². The molecular weight excluding hydrogens is 190 g/mol. The van der Waals surface area contributed by atoms with Crippen LogP contribution in [0.3, 0.4) is 0 Å². The molecular formula is C12H23NO2. The van der Waals surface area contributed by atoms with Gasteiger partial charge in [0.25, 0.3) is 0 Å². The van der Waals surface area contributed by atoms with Crippen molar-refractivity contribution in [3.63, 3.8) is 0 Å². The molecule has 0 spiro atoms. The van der Waals surface area contributed by atoms with Gasteiger partial charge in [-0.25, -0.2) is 0 Å². The van der Waals surface area contributed by atoms with Crippen molar-refractivity contribution in [2.24, 2.45) is 17.8 Å². The second-order valence-electron chi connectivity index (χ2n) is 5.13. The Morgan fingerprint density at radius 2 is 1.93 bits per heavy atom. The standard InChI is InChI=1S/C12H23NO2/c1-5-9(4)11(12(14)15)13-6-10(7-13)8(2)3/h8-11H,5-7H2,1-4H3,(H,14,15). The molecule has 3 nitrogen and oxygen atoms in total. The Morgan fingerprint density at radius 1 is 1.40 bits per heavy atom. The summed E-state index contributed by atoms with van der Waals surface area (Å²) in [4.78, 5) is 13.3. The van der Waals surface area contributed by atoms with Crippen LogP contribution < -0.4 is 0 Å². The summed E-state index contributed by atoms with van der Waals surface area (Å²) in [7, 11) is 0. The van der Waals surface area contributed by atoms with Gasteiger partial charge in [-0.2, -0.15) is 0 Å². The number of carboxylic acid groups (broad SMARTS) is 1. The van der Waals surface area contributed by atoms with Crippen LogP contribution in [0.1, 0.15) is 34.1 Å². The first-order chi connectivity index (χ1) is 6.97. The van der Waals surface area contributed by atoms with E-state index < -0.39 is 5.97 Å². The highest BCUT2D eigenvalue weighted by molar-refractivity contribution is 5.74. The monoisotopic (exact) mass is 213 g/mol. The van der Waals surface area contributed by atoms with Gasteiger partial charge in [0, 0.05) is 13.1 Å². The van der Waals surface area contributed by atoms with Crippen LogP contribution in [-0.4, -0.2) is 35.1 Å². The van der Waals surface area contributed by atoms with Crippen molar-refractivity contribution in [3.05, 3.63) is 0 Å². The van der Waals surface area contributed by atoms with Gasteiger partial charge in [-0.1, -0.05) is 34.1 Å². The van der Waals surface area contributed by atoms with E-state index in [1.807, 2.05) is 6.92 Å². The molecule has 2 atom stereocenters. The quantitative estimate of drug-likeness (QED) is 0.760. The molecule has 0 aromatic carbocycles. The Labute approximate surface area is 92.5 Å². The SMILES string of the molecule is CCC(C)C(C(=O)O)N1CC(C(C)C)C1. The van der Waals surface area contributed by atoms with Crippen LogP contribution in [0.25, 0.3) is 0 Å². The fourth-order valence-electron chi connectivity index (χ4n) is 2.18. The summed E-state index contributed by atoms with van der Waals surface area (Å²) < 4.78 is 0. The second kappa shape index (κ2) is 4.97. The molecule has 0 bridgehead atoms. The number of likely N-dealkylation sites (tertiary alicyclic amines) is 1. The lowest BCUT2D eigenvalue weighted by molar-refractivity contribution is -0.149. The fraction of sp³-hybridized carbons (Fsp3) is 0.917. The molecule has 15 heavy (non-hydrogen) atoms. The van der Waals surface area contributed by atoms with Crippen LogP contribution in [0.15, 0.2) is 0 Å². The average Bonchev–Trinajstić information content (AvgIpc) is 2.07. The van der Waals surface area contributed by atoms with Gasteiger partial charge in [-0.3, -0.25) is 9.69 Å². The van der Waals surface area contributed by atoms with Crippen molar-refractivity contribution < 1.29 is 9.90 Å². The summed E-state index contributed by atoms with van der Waals surface area (Å²) in [6.45, 7) is 10.4. The number of rotatable bonds is 5. The lowest BCUT2D eigenvalue weighted by atomic mass is 9.84. The molecule has 88 valence electrons. The van der Waals surface area contributed by atoms with Crippen LogP contribution in [0.4, 0.5) is 0 Å². The third-order valence-electron chi connectivity index (χ3n) is 3.71. The van der Waals surface area contributed by atoms with Crippen molar-refractivity contribution in [3.8, 4) is 0 Å². The minimum absolute atomic E-state index is 0.246. The van der Waals surface area contributed by atoms with E-state index in [1.165, 1.54) is 0 Å². The number of nitrogens with zero attached hydrogens (tertiary/aromatic N) is 1. The summed E-state index contributed by atoms with van der Waals surface area (Å²) in [5.41, 5.74) is 0. The highest BCUT2D eigenvalue weighted by atomic mass is 16.4. The molecule has 1 rings (SSSR count). The van der Waals surface area contributed by atoms with Crippen molar-refractivity contribution in [2.45, 2.75) is 40.2 Å². The maximum Gasteiger partial charge on any atom is 0.321 e. The zero-order chi connectivity index (χ0) is 11.6. The molecule has 1 saturated heterocycles. The van der Waals surface area contributed by atoms with E-state index >= 15 is 0 Å². The Hall–Kier alpha value is -0.570. The van der Waals surface area contributed by atoms with Crippen LogP contribution >= 0.6 is 0 Å². The first kappa shape index (κ1) is 12.5. The Morgan fingerprint density at radius 3 is 2.27 bits per heavy atom. The van der Waals surface area contributed by atoms with E-state index in [1.54, 1.807) is 0 Å². The van der Waals surface area contributed by atoms with E-state index in [2.05, 4.69) is 25.7 Å². The Kier molecular flexibility index (Phi) is 4.14. The van der Waals surface area contributed by atoms with Gasteiger partial charge in [-0.15, -0.1) is 0 Å². The fourth-order valence-corrected chi connectivity index (χ4v) is 2.18. The minimum Gasteiger partial charge on any atom is -0.480 e. The Bertz CT molecular complexity index is 222. The van der Waals surface area contributed by atoms with Crippen molar-refractivity contribution in [1.82, 2.24) is 4.90 Å². The van der Waals surface area contributed by atoms with Crippen LogP contribution in [-0.2, 0) is 4.79 Å². The molecule has 1 N–H and O–H groups in total. The number of carbonyl (C=O) groups is 1. The smallest absolute Gasteiger partial charge is 0.321 e. The summed E-state index contributed by atoms with van der Waals surface area (Å²) in [6, 6.07) is -0.273. The molecule has 0 saturated carbocycles. The largest absolute Gasteiger partial charge is 0.480 e. The molecule has 1 fully saturated rings. The molecule has 0 aromatic rings. The molecule has 0 radical (unpaired) electrons. The zero-order valence-corrected chi connectivity index (χ0v) is 10.2. The molecule has 0 aromatic heterocycles. The molecule has 1 aliphatic rings. The van der Waals surface area contributed by atoms with Crippen molar-refractivity contribution in [1.29, 1.82) is 0 Å². The second-order valence-corrected chi connectivity index (χ2v) is 5.13. The molecule has 0 aliphatic carbocycles. The highest BCUT2D eigenvalue weighted by Crippen LogP contribution is 2.28. The van der Waals surface area contributed by atoms with Gasteiger partial charge >= 0.3 is 5.97 Å². The van der Waals surface area contributed by atoms with E-state index in [4.69, 9.17) is 0 Å². The number of carboxylic acids is 1. The maximum atomic E-state index is 11.2. The minimum atomic E-state index is -0.661. The normalized spacial score (nSPS) is 22.5. The number of hydrogen-bond donors (Lipinski definition) is 1. The predicted molar refractivity (Wildman–Crippen MR) is 60.8 cm³/mol. The number of hydrogen-bond acceptors (Lipinski definition) is 2. The summed E-state index contributed by atoms with van der Waals surface area (Å²) in [6.07, 6.45) is 0.930. The van der Waals surface area contributed by atoms with Gasteiger partial charge in [0.05, 0.1) is 0 Å². The van der Waals surface area contributed by atoms with E-state index in [0.717, 1.165) is 19.5 Å². The third kappa shape index (κ3) is 2.71. The predicted octanol–water partition coefficient (Wildman–Crippen LogP) is 2.07. The van der Waals surface area contributed by atoms with E-state index in [-0.39, 0.29) is 12.0 Å². The highest BCUT2D eigenvalue weighted by Gasteiger charge is 2.39. The molecule has 0 amide bonds. The van der Waals surface area contributed by atoms with Gasteiger partial charge in [-0.05, 0) is 17.8 Å². The van der Waals surface area contributed by atoms with E-state index in [9.17, 15) is 9.90 Å². The first-order valence-corrected chi connectivity index (χ1v) is 5.94. The van der Waals surface area contributed by atoms with Crippen molar-refractivity contribution >= 4 is 5.97 Å². The molecule has 3 heteroatoms. The van der Waals surface area contributed by atoms with Crippen LogP contribution in [0.5, 0.6) is 0 Å². The lowest BCUT2D eigenvalue weighted by Crippen LogP contribution is -2.58. The first-order valence-electron chi connectivity index (χ1n) is 5.94. The topological polar surface area (TPSA) is 40.5 Å². The van der Waals surface area contributed by atoms with Crippen LogP contribution in [0.2, 0.25) is 0 Å². The average molecular weight is 213 g/mol. The zero-order valence-electron chi connectivity index (χ0n) is 10.2. The summed E-state index contributed by atoms with van der Waals surface area (Å²) in [5, 5.41) is 9.19. The maximum absolute atomic E-state index is 11.2.